The van der Waals surface area contributed by atoms with Gasteiger partial charge in [0.05, 0.1) is 0 Å². The molecule has 0 radical (unpaired) electrons. The second-order valence-electron chi connectivity index (χ2n) is 4.84. The van der Waals surface area contributed by atoms with E-state index < -0.39 is 46.4 Å². The quantitative estimate of drug-likeness (QED) is 0.821. The number of nitrogens with one attached hydrogen (secondary N) is 1. The minimum atomic E-state index is -1.83. The van der Waals surface area contributed by atoms with Crippen LogP contribution < -0.4 is 5.32 Å². The molecule has 0 saturated carbocycles. The number of anilines is 1. The zero-order chi connectivity index (χ0) is 15.7. The number of rotatable bonds is 2. The Morgan fingerprint density at radius 2 is 1.75 bits per heavy atom. The largest absolute Gasteiger partial charge is 0.478 e. The van der Waals surface area contributed by atoms with Crippen molar-refractivity contribution in [2.24, 2.45) is 0 Å². The summed E-state index contributed by atoms with van der Waals surface area (Å²) in [4.78, 5) is 21.9. The van der Waals surface area contributed by atoms with E-state index in [1.165, 1.54) is 20.8 Å². The summed E-state index contributed by atoms with van der Waals surface area (Å²) in [5, 5.41) is 10.3. The van der Waals surface area contributed by atoms with E-state index in [9.17, 15) is 22.8 Å². The first-order valence-corrected chi connectivity index (χ1v) is 5.43. The number of carboxylic acids is 1. The van der Waals surface area contributed by atoms with Crippen LogP contribution in [-0.4, -0.2) is 22.8 Å². The molecule has 5 nitrogen and oxygen atoms in total. The predicted octanol–water partition coefficient (Wildman–Crippen LogP) is 3.15. The van der Waals surface area contributed by atoms with Crippen LogP contribution in [0.3, 0.4) is 0 Å². The molecule has 20 heavy (non-hydrogen) atoms. The molecule has 0 aliphatic heterocycles. The van der Waals surface area contributed by atoms with Crippen molar-refractivity contribution in [2.45, 2.75) is 26.4 Å². The van der Waals surface area contributed by atoms with Crippen LogP contribution in [0.5, 0.6) is 0 Å². The summed E-state index contributed by atoms with van der Waals surface area (Å²) in [5.41, 5.74) is -3.20. The molecular formula is C12H12F3NO4. The Balaban J connectivity index is 3.12. The van der Waals surface area contributed by atoms with Crippen molar-refractivity contribution >= 4 is 17.7 Å². The first-order valence-electron chi connectivity index (χ1n) is 5.43. The first kappa shape index (κ1) is 15.8. The molecule has 0 spiro atoms. The number of aromatic carboxylic acids is 1. The van der Waals surface area contributed by atoms with E-state index >= 15 is 0 Å². The van der Waals surface area contributed by atoms with Crippen LogP contribution >= 0.6 is 0 Å². The Morgan fingerprint density at radius 3 is 2.20 bits per heavy atom. The van der Waals surface area contributed by atoms with Crippen LogP contribution in [0, 0.1) is 17.5 Å². The number of halogens is 3. The monoisotopic (exact) mass is 291 g/mol. The molecule has 0 heterocycles. The molecule has 2 N–H and O–H groups in total. The van der Waals surface area contributed by atoms with Gasteiger partial charge in [0.1, 0.15) is 16.9 Å². The number of carboxylic acid groups (broad SMARTS) is 1. The molecule has 1 amide bonds. The maximum absolute atomic E-state index is 13.5. The fourth-order valence-corrected chi connectivity index (χ4v) is 1.27. The summed E-state index contributed by atoms with van der Waals surface area (Å²) in [6.07, 6.45) is -1.20. The smallest absolute Gasteiger partial charge is 0.412 e. The maximum Gasteiger partial charge on any atom is 0.412 e. The molecule has 1 aromatic rings. The Morgan fingerprint density at radius 1 is 1.20 bits per heavy atom. The average Bonchev–Trinajstić information content (AvgIpc) is 2.26. The van der Waals surface area contributed by atoms with E-state index in [2.05, 4.69) is 0 Å². The van der Waals surface area contributed by atoms with Crippen molar-refractivity contribution in [3.8, 4) is 0 Å². The van der Waals surface area contributed by atoms with Crippen molar-refractivity contribution < 1.29 is 32.6 Å². The van der Waals surface area contributed by atoms with Crippen LogP contribution in [-0.2, 0) is 4.74 Å². The Kier molecular flexibility index (Phi) is 4.26. The molecule has 1 aromatic carbocycles. The van der Waals surface area contributed by atoms with Crippen molar-refractivity contribution in [3.63, 3.8) is 0 Å². The van der Waals surface area contributed by atoms with Crippen LogP contribution in [0.2, 0.25) is 0 Å². The van der Waals surface area contributed by atoms with E-state index in [1.807, 2.05) is 0 Å². The fraction of sp³-hybridized carbons (Fsp3) is 0.333. The molecule has 0 atom stereocenters. The van der Waals surface area contributed by atoms with Gasteiger partial charge in [-0.15, -0.1) is 0 Å². The number of carbonyl (C=O) groups is 2. The zero-order valence-corrected chi connectivity index (χ0v) is 10.9. The summed E-state index contributed by atoms with van der Waals surface area (Å²) < 4.78 is 45.1. The number of ether oxygens (including phenoxy) is 1. The van der Waals surface area contributed by atoms with Gasteiger partial charge in [0.15, 0.2) is 17.5 Å². The molecule has 8 heteroatoms. The predicted molar refractivity (Wildman–Crippen MR) is 63.1 cm³/mol. The van der Waals surface area contributed by atoms with Gasteiger partial charge >= 0.3 is 12.1 Å². The topological polar surface area (TPSA) is 75.6 Å². The normalized spacial score (nSPS) is 11.1. The van der Waals surface area contributed by atoms with Crippen LogP contribution in [0.4, 0.5) is 23.7 Å². The van der Waals surface area contributed by atoms with Gasteiger partial charge in [-0.25, -0.2) is 22.8 Å². The van der Waals surface area contributed by atoms with Crippen LogP contribution in [0.15, 0.2) is 6.07 Å². The van der Waals surface area contributed by atoms with Crippen LogP contribution in [0.1, 0.15) is 31.1 Å². The molecule has 0 aliphatic rings. The Hall–Kier alpha value is -2.25. The molecular weight excluding hydrogens is 279 g/mol. The van der Waals surface area contributed by atoms with Gasteiger partial charge < -0.3 is 9.84 Å². The van der Waals surface area contributed by atoms with Crippen molar-refractivity contribution in [2.75, 3.05) is 5.32 Å². The number of hydrogen-bond donors (Lipinski definition) is 2. The first-order chi connectivity index (χ1) is 9.03. The standard InChI is InChI=1S/C12H12F3NO4/c1-12(2,3)20-11(19)16-9-6(13)4-5(10(17)18)7(14)8(9)15/h4H,1-3H3,(H,16,19)(H,17,18). The van der Waals surface area contributed by atoms with Gasteiger partial charge in [0, 0.05) is 0 Å². The molecule has 0 saturated heterocycles. The van der Waals surface area contributed by atoms with Crippen molar-refractivity contribution in [1.29, 1.82) is 0 Å². The molecule has 0 aliphatic carbocycles. The van der Waals surface area contributed by atoms with Crippen molar-refractivity contribution in [3.05, 3.63) is 29.1 Å². The SMILES string of the molecule is CC(C)(C)OC(=O)Nc1c(F)cc(C(=O)O)c(F)c1F. The average molecular weight is 291 g/mol. The fourth-order valence-electron chi connectivity index (χ4n) is 1.27. The molecule has 1 rings (SSSR count). The van der Waals surface area contributed by atoms with E-state index in [-0.39, 0.29) is 6.07 Å². The third kappa shape index (κ3) is 3.62. The summed E-state index contributed by atoms with van der Waals surface area (Å²) >= 11 is 0. The van der Waals surface area contributed by atoms with Gasteiger partial charge in [0.25, 0.3) is 0 Å². The number of benzene rings is 1. The Labute approximate surface area is 112 Å². The van der Waals surface area contributed by atoms with Gasteiger partial charge in [-0.1, -0.05) is 0 Å². The number of amides is 1. The highest BCUT2D eigenvalue weighted by Gasteiger charge is 2.25. The molecule has 0 aromatic heterocycles. The lowest BCUT2D eigenvalue weighted by atomic mass is 10.1. The maximum atomic E-state index is 13.5. The highest BCUT2D eigenvalue weighted by molar-refractivity contribution is 5.90. The van der Waals surface area contributed by atoms with E-state index in [1.54, 1.807) is 5.32 Å². The van der Waals surface area contributed by atoms with Gasteiger partial charge in [0.2, 0.25) is 0 Å². The summed E-state index contributed by atoms with van der Waals surface area (Å²) in [6.45, 7) is 4.56. The molecule has 110 valence electrons. The summed E-state index contributed by atoms with van der Waals surface area (Å²) in [7, 11) is 0. The van der Waals surface area contributed by atoms with Gasteiger partial charge in [-0.05, 0) is 26.8 Å². The summed E-state index contributed by atoms with van der Waals surface area (Å²) in [6, 6.07) is 0.271. The summed E-state index contributed by atoms with van der Waals surface area (Å²) in [5.74, 6) is -6.84. The molecule has 0 unspecified atom stereocenters. The third-order valence-electron chi connectivity index (χ3n) is 2.01. The molecule has 0 bridgehead atoms. The number of carbonyl (C=O) groups excluding carboxylic acids is 1. The highest BCUT2D eigenvalue weighted by atomic mass is 19.2. The minimum absolute atomic E-state index is 0.271. The highest BCUT2D eigenvalue weighted by Crippen LogP contribution is 2.25. The lowest BCUT2D eigenvalue weighted by molar-refractivity contribution is 0.0633. The zero-order valence-electron chi connectivity index (χ0n) is 10.9. The second-order valence-corrected chi connectivity index (χ2v) is 4.84. The lowest BCUT2D eigenvalue weighted by Gasteiger charge is -2.20. The minimum Gasteiger partial charge on any atom is -0.478 e. The van der Waals surface area contributed by atoms with Crippen molar-refractivity contribution in [1.82, 2.24) is 0 Å². The van der Waals surface area contributed by atoms with E-state index in [0.717, 1.165) is 0 Å². The van der Waals surface area contributed by atoms with Gasteiger partial charge in [-0.3, -0.25) is 5.32 Å². The van der Waals surface area contributed by atoms with Crippen LogP contribution in [0.25, 0.3) is 0 Å². The van der Waals surface area contributed by atoms with E-state index in [4.69, 9.17) is 9.84 Å². The third-order valence-corrected chi connectivity index (χ3v) is 2.01. The molecule has 0 fully saturated rings. The van der Waals surface area contributed by atoms with Gasteiger partial charge in [-0.2, -0.15) is 0 Å². The second kappa shape index (κ2) is 5.40. The lowest BCUT2D eigenvalue weighted by Crippen LogP contribution is -2.28. The number of hydrogen-bond acceptors (Lipinski definition) is 3. The Bertz CT molecular complexity index is 567. The van der Waals surface area contributed by atoms with E-state index in [0.29, 0.717) is 0 Å².